The molecule has 0 bridgehead atoms. The fourth-order valence-corrected chi connectivity index (χ4v) is 3.78. The van der Waals surface area contributed by atoms with Crippen molar-refractivity contribution in [3.63, 3.8) is 0 Å². The van der Waals surface area contributed by atoms with E-state index in [1.807, 2.05) is 19.2 Å². The van der Waals surface area contributed by atoms with Crippen LogP contribution in [0.25, 0.3) is 0 Å². The zero-order valence-corrected chi connectivity index (χ0v) is 13.9. The Morgan fingerprint density at radius 1 is 1.38 bits per heavy atom. The number of thiophene rings is 1. The Labute approximate surface area is 133 Å². The number of sulfonamides is 1. The molecule has 0 amide bonds. The molecule has 0 aliphatic heterocycles. The molecule has 0 radical (unpaired) electrons. The number of aromatic nitrogens is 2. The van der Waals surface area contributed by atoms with E-state index in [0.29, 0.717) is 23.8 Å². The number of nitrogens with zero attached hydrogens (tertiary/aromatic N) is 2. The van der Waals surface area contributed by atoms with Crippen LogP contribution in [-0.4, -0.2) is 38.3 Å². The van der Waals surface area contributed by atoms with Gasteiger partial charge in [-0.2, -0.15) is 5.10 Å². The summed E-state index contributed by atoms with van der Waals surface area (Å²) in [4.78, 5) is 1.23. The second kappa shape index (κ2) is 7.37. The molecule has 0 atom stereocenters. The molecule has 0 aliphatic carbocycles. The quantitative estimate of drug-likeness (QED) is 0.754. The summed E-state index contributed by atoms with van der Waals surface area (Å²) in [6, 6.07) is 3.71. The van der Waals surface area contributed by atoms with Gasteiger partial charge in [0.1, 0.15) is 4.90 Å². The molecule has 2 heterocycles. The highest BCUT2D eigenvalue weighted by Crippen LogP contribution is 2.21. The van der Waals surface area contributed by atoms with Crippen LogP contribution >= 0.6 is 22.9 Å². The smallest absolute Gasteiger partial charge is 0.243 e. The van der Waals surface area contributed by atoms with Crippen LogP contribution < -0.4 is 10.0 Å². The maximum Gasteiger partial charge on any atom is 0.243 e. The molecule has 116 valence electrons. The lowest BCUT2D eigenvalue weighted by Crippen LogP contribution is -2.25. The minimum Gasteiger partial charge on any atom is -0.318 e. The minimum absolute atomic E-state index is 0.183. The SMILES string of the molecule is CNCCn1cc(S(=O)(=O)NCCc2ccc(Cl)s2)cn1. The standard InChI is InChI=1S/C12H17ClN4O2S2/c1-14-6-7-17-9-11(8-15-17)21(18,19)16-5-4-10-2-3-12(13)20-10/h2-3,8-9,14,16H,4-7H2,1H3. The van der Waals surface area contributed by atoms with Gasteiger partial charge in [0.15, 0.2) is 0 Å². The minimum atomic E-state index is -3.51. The van der Waals surface area contributed by atoms with E-state index >= 15 is 0 Å². The Morgan fingerprint density at radius 3 is 2.86 bits per heavy atom. The van der Waals surface area contributed by atoms with Crippen molar-refractivity contribution in [3.05, 3.63) is 33.7 Å². The van der Waals surface area contributed by atoms with Crippen molar-refractivity contribution in [2.45, 2.75) is 17.9 Å². The van der Waals surface area contributed by atoms with Gasteiger partial charge in [0.05, 0.1) is 17.1 Å². The molecule has 6 nitrogen and oxygen atoms in total. The lowest BCUT2D eigenvalue weighted by molar-refractivity contribution is 0.576. The Bertz CT molecular complexity index is 681. The first kappa shape index (κ1) is 16.4. The summed E-state index contributed by atoms with van der Waals surface area (Å²) in [5, 5.41) is 7.01. The Balaban J connectivity index is 1.90. The molecule has 0 unspecified atom stereocenters. The van der Waals surface area contributed by atoms with Gasteiger partial charge in [-0.15, -0.1) is 11.3 Å². The van der Waals surface area contributed by atoms with Gasteiger partial charge in [-0.1, -0.05) is 11.6 Å². The summed E-state index contributed by atoms with van der Waals surface area (Å²) in [5.41, 5.74) is 0. The zero-order chi connectivity index (χ0) is 15.3. The fourth-order valence-electron chi connectivity index (χ4n) is 1.71. The van der Waals surface area contributed by atoms with Gasteiger partial charge < -0.3 is 5.32 Å². The Kier molecular flexibility index (Phi) is 5.77. The predicted octanol–water partition coefficient (Wildman–Crippen LogP) is 1.34. The summed E-state index contributed by atoms with van der Waals surface area (Å²) in [5.74, 6) is 0. The summed E-state index contributed by atoms with van der Waals surface area (Å²) < 4.78 is 29.1. The lowest BCUT2D eigenvalue weighted by atomic mass is 10.3. The van der Waals surface area contributed by atoms with Gasteiger partial charge in [-0.25, -0.2) is 13.1 Å². The highest BCUT2D eigenvalue weighted by Gasteiger charge is 2.15. The van der Waals surface area contributed by atoms with Crippen molar-refractivity contribution < 1.29 is 8.42 Å². The van der Waals surface area contributed by atoms with Crippen molar-refractivity contribution in [1.29, 1.82) is 0 Å². The monoisotopic (exact) mass is 348 g/mol. The Hall–Kier alpha value is -0.930. The molecule has 0 fully saturated rings. The van der Waals surface area contributed by atoms with Gasteiger partial charge in [-0.3, -0.25) is 4.68 Å². The largest absolute Gasteiger partial charge is 0.318 e. The molecule has 0 saturated heterocycles. The third-order valence-electron chi connectivity index (χ3n) is 2.80. The maximum atomic E-state index is 12.1. The van der Waals surface area contributed by atoms with E-state index in [0.717, 1.165) is 11.4 Å². The predicted molar refractivity (Wildman–Crippen MR) is 84.4 cm³/mol. The molecule has 2 aromatic rings. The molecule has 0 aliphatic rings. The first-order valence-electron chi connectivity index (χ1n) is 6.42. The normalized spacial score (nSPS) is 11.9. The van der Waals surface area contributed by atoms with Crippen LogP contribution in [0.5, 0.6) is 0 Å². The Morgan fingerprint density at radius 2 is 2.19 bits per heavy atom. The molecular formula is C12H17ClN4O2S2. The first-order valence-corrected chi connectivity index (χ1v) is 9.10. The van der Waals surface area contributed by atoms with E-state index in [1.54, 1.807) is 4.68 Å². The summed E-state index contributed by atoms with van der Waals surface area (Å²) >= 11 is 7.29. The molecule has 2 rings (SSSR count). The molecule has 9 heteroatoms. The third kappa shape index (κ3) is 4.79. The van der Waals surface area contributed by atoms with E-state index in [2.05, 4.69) is 15.1 Å². The van der Waals surface area contributed by atoms with Crippen LogP contribution in [0.3, 0.4) is 0 Å². The highest BCUT2D eigenvalue weighted by atomic mass is 35.5. The number of rotatable bonds is 8. The van der Waals surface area contributed by atoms with Gasteiger partial charge >= 0.3 is 0 Å². The van der Waals surface area contributed by atoms with Gasteiger partial charge in [0.25, 0.3) is 0 Å². The van der Waals surface area contributed by atoms with E-state index in [4.69, 9.17) is 11.6 Å². The van der Waals surface area contributed by atoms with Crippen molar-refractivity contribution in [2.24, 2.45) is 0 Å². The first-order chi connectivity index (χ1) is 10.0. The van der Waals surface area contributed by atoms with Crippen LogP contribution in [-0.2, 0) is 23.0 Å². The third-order valence-corrected chi connectivity index (χ3v) is 5.51. The molecule has 2 N–H and O–H groups in total. The molecule has 0 spiro atoms. The van der Waals surface area contributed by atoms with Crippen molar-refractivity contribution >= 4 is 33.0 Å². The summed E-state index contributed by atoms with van der Waals surface area (Å²) in [6.45, 7) is 1.69. The molecule has 0 aromatic carbocycles. The summed E-state index contributed by atoms with van der Waals surface area (Å²) in [7, 11) is -1.68. The van der Waals surface area contributed by atoms with Crippen LogP contribution in [0.15, 0.2) is 29.4 Å². The second-order valence-electron chi connectivity index (χ2n) is 4.40. The van der Waals surface area contributed by atoms with E-state index in [9.17, 15) is 8.42 Å². The molecule has 21 heavy (non-hydrogen) atoms. The number of likely N-dealkylation sites (N-methyl/N-ethyl adjacent to an activating group) is 1. The van der Waals surface area contributed by atoms with E-state index in [-0.39, 0.29) is 4.90 Å². The zero-order valence-electron chi connectivity index (χ0n) is 11.5. The highest BCUT2D eigenvalue weighted by molar-refractivity contribution is 7.89. The maximum absolute atomic E-state index is 12.1. The van der Waals surface area contributed by atoms with Gasteiger partial charge in [0, 0.05) is 24.2 Å². The number of nitrogens with one attached hydrogen (secondary N) is 2. The van der Waals surface area contributed by atoms with Crippen molar-refractivity contribution in [1.82, 2.24) is 19.8 Å². The van der Waals surface area contributed by atoms with E-state index < -0.39 is 10.0 Å². The average molecular weight is 349 g/mol. The average Bonchev–Trinajstić information content (AvgIpc) is 3.06. The second-order valence-corrected chi connectivity index (χ2v) is 7.96. The van der Waals surface area contributed by atoms with Crippen LogP contribution in [0.1, 0.15) is 4.88 Å². The van der Waals surface area contributed by atoms with Gasteiger partial charge in [0.2, 0.25) is 10.0 Å². The van der Waals surface area contributed by atoms with Crippen molar-refractivity contribution in [2.75, 3.05) is 20.1 Å². The van der Waals surface area contributed by atoms with Crippen LogP contribution in [0, 0.1) is 0 Å². The van der Waals surface area contributed by atoms with Crippen LogP contribution in [0.4, 0.5) is 0 Å². The number of hydrogen-bond acceptors (Lipinski definition) is 5. The summed E-state index contributed by atoms with van der Waals surface area (Å²) in [6.07, 6.45) is 3.51. The molecule has 2 aromatic heterocycles. The molecular weight excluding hydrogens is 332 g/mol. The number of hydrogen-bond donors (Lipinski definition) is 2. The lowest BCUT2D eigenvalue weighted by Gasteiger charge is -2.03. The van der Waals surface area contributed by atoms with Crippen LogP contribution in [0.2, 0.25) is 4.34 Å². The van der Waals surface area contributed by atoms with Crippen molar-refractivity contribution in [3.8, 4) is 0 Å². The van der Waals surface area contributed by atoms with E-state index in [1.165, 1.54) is 23.7 Å². The van der Waals surface area contributed by atoms with Gasteiger partial charge in [-0.05, 0) is 25.6 Å². The fraction of sp³-hybridized carbons (Fsp3) is 0.417. The molecule has 0 saturated carbocycles. The topological polar surface area (TPSA) is 76.0 Å². The number of halogens is 1.